The summed E-state index contributed by atoms with van der Waals surface area (Å²) in [7, 11) is 0. The van der Waals surface area contributed by atoms with E-state index in [-0.39, 0.29) is 11.7 Å². The Balaban J connectivity index is 1.96. The zero-order chi connectivity index (χ0) is 18.8. The molecule has 2 aromatic rings. The fourth-order valence-electron chi connectivity index (χ4n) is 2.98. The molecule has 0 fully saturated rings. The van der Waals surface area contributed by atoms with Crippen molar-refractivity contribution >= 4 is 28.9 Å². The van der Waals surface area contributed by atoms with Gasteiger partial charge in [-0.25, -0.2) is 4.39 Å². The highest BCUT2D eigenvalue weighted by Crippen LogP contribution is 2.28. The van der Waals surface area contributed by atoms with Gasteiger partial charge >= 0.3 is 0 Å². The summed E-state index contributed by atoms with van der Waals surface area (Å²) in [5.74, 6) is -0.555. The van der Waals surface area contributed by atoms with Gasteiger partial charge in [0, 0.05) is 11.4 Å². The highest BCUT2D eigenvalue weighted by Gasteiger charge is 2.30. The molecule has 1 aliphatic heterocycles. The summed E-state index contributed by atoms with van der Waals surface area (Å²) in [6.07, 6.45) is 0. The van der Waals surface area contributed by atoms with Gasteiger partial charge in [0.15, 0.2) is 5.11 Å². The van der Waals surface area contributed by atoms with E-state index in [1.807, 2.05) is 39.0 Å². The molecule has 4 nitrogen and oxygen atoms in total. The predicted molar refractivity (Wildman–Crippen MR) is 105 cm³/mol. The molecule has 0 aromatic heterocycles. The van der Waals surface area contributed by atoms with Gasteiger partial charge in [-0.1, -0.05) is 24.3 Å². The highest BCUT2D eigenvalue weighted by atomic mass is 32.1. The van der Waals surface area contributed by atoms with E-state index in [1.165, 1.54) is 12.1 Å². The molecule has 26 heavy (non-hydrogen) atoms. The van der Waals surface area contributed by atoms with Crippen LogP contribution in [-0.4, -0.2) is 11.0 Å². The fourth-order valence-corrected chi connectivity index (χ4v) is 3.25. The van der Waals surface area contributed by atoms with Crippen molar-refractivity contribution in [2.75, 3.05) is 5.32 Å². The Hall–Kier alpha value is -2.73. The molecular formula is C20H20FN3OS. The largest absolute Gasteiger partial charge is 0.351 e. The molecule has 134 valence electrons. The van der Waals surface area contributed by atoms with Crippen LogP contribution in [0.5, 0.6) is 0 Å². The van der Waals surface area contributed by atoms with Crippen LogP contribution in [0.15, 0.2) is 53.7 Å². The van der Waals surface area contributed by atoms with Crippen LogP contribution in [0.25, 0.3) is 0 Å². The number of carbonyl (C=O) groups excluding carboxylic acids is 1. The molecule has 0 bridgehead atoms. The molecular weight excluding hydrogens is 349 g/mol. The third kappa shape index (κ3) is 3.60. The number of halogens is 1. The molecule has 0 aliphatic carbocycles. The first kappa shape index (κ1) is 18.1. The number of benzene rings is 2. The third-order valence-corrected chi connectivity index (χ3v) is 4.79. The number of aryl methyl sites for hydroxylation is 1. The summed E-state index contributed by atoms with van der Waals surface area (Å²) in [5, 5.41) is 9.52. The maximum atomic E-state index is 13.3. The molecule has 0 spiro atoms. The number of hydrogen-bond acceptors (Lipinski definition) is 2. The van der Waals surface area contributed by atoms with Gasteiger partial charge in [0.05, 0.1) is 11.6 Å². The lowest BCUT2D eigenvalue weighted by Gasteiger charge is -2.30. The highest BCUT2D eigenvalue weighted by molar-refractivity contribution is 7.80. The summed E-state index contributed by atoms with van der Waals surface area (Å²) >= 11 is 5.23. The molecule has 3 N–H and O–H groups in total. The molecule has 1 heterocycles. The Morgan fingerprint density at radius 3 is 2.50 bits per heavy atom. The Labute approximate surface area is 157 Å². The number of allylic oxidation sites excluding steroid dienone is 1. The fraction of sp³-hybridized carbons (Fsp3) is 0.200. The predicted octanol–water partition coefficient (Wildman–Crippen LogP) is 3.87. The van der Waals surface area contributed by atoms with Crippen LogP contribution in [0.4, 0.5) is 10.1 Å². The van der Waals surface area contributed by atoms with Crippen LogP contribution in [0.2, 0.25) is 0 Å². The quantitative estimate of drug-likeness (QED) is 0.719. The molecule has 0 radical (unpaired) electrons. The summed E-state index contributed by atoms with van der Waals surface area (Å²) in [5.41, 5.74) is 4.84. The Bertz CT molecular complexity index is 906. The minimum absolute atomic E-state index is 0.229. The van der Waals surface area contributed by atoms with E-state index in [9.17, 15) is 9.18 Å². The topological polar surface area (TPSA) is 53.2 Å². The first-order valence-corrected chi connectivity index (χ1v) is 8.69. The Morgan fingerprint density at radius 2 is 1.81 bits per heavy atom. The average molecular weight is 369 g/mol. The van der Waals surface area contributed by atoms with E-state index < -0.39 is 6.04 Å². The van der Waals surface area contributed by atoms with Crippen molar-refractivity contribution in [3.63, 3.8) is 0 Å². The maximum absolute atomic E-state index is 13.3. The molecule has 0 saturated carbocycles. The Morgan fingerprint density at radius 1 is 1.12 bits per heavy atom. The van der Waals surface area contributed by atoms with Crippen LogP contribution in [-0.2, 0) is 4.79 Å². The molecule has 0 unspecified atom stereocenters. The van der Waals surface area contributed by atoms with Crippen LogP contribution in [0, 0.1) is 19.7 Å². The van der Waals surface area contributed by atoms with E-state index in [2.05, 4.69) is 16.0 Å². The molecule has 1 aliphatic rings. The van der Waals surface area contributed by atoms with Gasteiger partial charge in [-0.05, 0) is 67.9 Å². The van der Waals surface area contributed by atoms with E-state index in [0.29, 0.717) is 16.4 Å². The summed E-state index contributed by atoms with van der Waals surface area (Å²) < 4.78 is 13.3. The standard InChI is InChI=1S/C20H20FN3OS/c1-11-5-4-6-16(12(11)2)23-19(25)17-13(3)22-20(26)24-18(17)14-7-9-15(21)10-8-14/h4-10,18H,1-3H3,(H,23,25)(H2,22,24,26)/t18-/m1/s1. The normalized spacial score (nSPS) is 16.8. The number of thiocarbonyl (C=S) groups is 1. The van der Waals surface area contributed by atoms with Crippen molar-refractivity contribution in [3.05, 3.63) is 76.2 Å². The summed E-state index contributed by atoms with van der Waals surface area (Å²) in [6, 6.07) is 11.4. The lowest BCUT2D eigenvalue weighted by Crippen LogP contribution is -2.45. The van der Waals surface area contributed by atoms with E-state index in [4.69, 9.17) is 12.2 Å². The van der Waals surface area contributed by atoms with E-state index >= 15 is 0 Å². The SMILES string of the molecule is CC1=C(C(=O)Nc2cccc(C)c2C)[C@@H](c2ccc(F)cc2)NC(=S)N1. The molecule has 1 atom stereocenters. The lowest BCUT2D eigenvalue weighted by molar-refractivity contribution is -0.113. The van der Waals surface area contributed by atoms with E-state index in [0.717, 1.165) is 22.4 Å². The van der Waals surface area contributed by atoms with Gasteiger partial charge in [0.25, 0.3) is 5.91 Å². The van der Waals surface area contributed by atoms with Crippen molar-refractivity contribution in [2.45, 2.75) is 26.8 Å². The zero-order valence-electron chi connectivity index (χ0n) is 14.8. The van der Waals surface area contributed by atoms with Crippen LogP contribution in [0.3, 0.4) is 0 Å². The summed E-state index contributed by atoms with van der Waals surface area (Å²) in [6.45, 7) is 5.77. The first-order chi connectivity index (χ1) is 12.4. The molecule has 0 saturated heterocycles. The second kappa shape index (κ2) is 7.25. The molecule has 3 rings (SSSR count). The monoisotopic (exact) mass is 369 g/mol. The lowest BCUT2D eigenvalue weighted by atomic mass is 9.94. The minimum atomic E-state index is -0.450. The number of hydrogen-bond donors (Lipinski definition) is 3. The van der Waals surface area contributed by atoms with Gasteiger partial charge < -0.3 is 16.0 Å². The van der Waals surface area contributed by atoms with Crippen LogP contribution in [0.1, 0.15) is 29.7 Å². The van der Waals surface area contributed by atoms with Crippen molar-refractivity contribution in [1.29, 1.82) is 0 Å². The van der Waals surface area contributed by atoms with Crippen molar-refractivity contribution in [1.82, 2.24) is 10.6 Å². The smallest absolute Gasteiger partial charge is 0.255 e. The number of carbonyl (C=O) groups is 1. The number of anilines is 1. The van der Waals surface area contributed by atoms with Crippen LogP contribution >= 0.6 is 12.2 Å². The third-order valence-electron chi connectivity index (χ3n) is 4.57. The van der Waals surface area contributed by atoms with Crippen LogP contribution < -0.4 is 16.0 Å². The molecule has 6 heteroatoms. The van der Waals surface area contributed by atoms with Crippen molar-refractivity contribution in [3.8, 4) is 0 Å². The van der Waals surface area contributed by atoms with Gasteiger partial charge in [-0.15, -0.1) is 0 Å². The van der Waals surface area contributed by atoms with Gasteiger partial charge in [-0.2, -0.15) is 0 Å². The van der Waals surface area contributed by atoms with Gasteiger partial charge in [0.1, 0.15) is 5.82 Å². The van der Waals surface area contributed by atoms with Crippen molar-refractivity contribution in [2.24, 2.45) is 0 Å². The summed E-state index contributed by atoms with van der Waals surface area (Å²) in [4.78, 5) is 13.0. The van der Waals surface area contributed by atoms with Crippen molar-refractivity contribution < 1.29 is 9.18 Å². The molecule has 2 aromatic carbocycles. The average Bonchev–Trinajstić information content (AvgIpc) is 2.59. The second-order valence-electron chi connectivity index (χ2n) is 6.32. The second-order valence-corrected chi connectivity index (χ2v) is 6.73. The van der Waals surface area contributed by atoms with E-state index in [1.54, 1.807) is 12.1 Å². The minimum Gasteiger partial charge on any atom is -0.351 e. The first-order valence-electron chi connectivity index (χ1n) is 8.28. The number of rotatable bonds is 3. The maximum Gasteiger partial charge on any atom is 0.255 e. The number of nitrogens with one attached hydrogen (secondary N) is 3. The molecule has 1 amide bonds. The van der Waals surface area contributed by atoms with Gasteiger partial charge in [-0.3, -0.25) is 4.79 Å². The van der Waals surface area contributed by atoms with Gasteiger partial charge in [0.2, 0.25) is 0 Å². The number of amides is 1. The Kier molecular flexibility index (Phi) is 5.04. The zero-order valence-corrected chi connectivity index (χ0v) is 15.6.